The Morgan fingerprint density at radius 3 is 2.56 bits per heavy atom. The maximum absolute atomic E-state index is 13.0. The highest BCUT2D eigenvalue weighted by Crippen LogP contribution is 2.27. The van der Waals surface area contributed by atoms with Crippen LogP contribution in [-0.2, 0) is 22.7 Å². The Hall–Kier alpha value is -3.49. The van der Waals surface area contributed by atoms with Gasteiger partial charge in [0.25, 0.3) is 5.56 Å². The number of rotatable bonds is 6. The Balaban J connectivity index is 1.52. The van der Waals surface area contributed by atoms with Crippen LogP contribution in [-0.4, -0.2) is 21.4 Å². The lowest BCUT2D eigenvalue weighted by molar-refractivity contribution is -0.116. The zero-order valence-electron chi connectivity index (χ0n) is 17.0. The predicted octanol–water partition coefficient (Wildman–Crippen LogP) is 4.42. The van der Waals surface area contributed by atoms with Crippen molar-refractivity contribution in [2.24, 2.45) is 0 Å². The third-order valence-corrected chi connectivity index (χ3v) is 6.19. The van der Waals surface area contributed by atoms with E-state index in [1.54, 1.807) is 31.2 Å². The third-order valence-electron chi connectivity index (χ3n) is 4.76. The highest BCUT2D eigenvalue weighted by Gasteiger charge is 2.21. The largest absolute Gasteiger partial charge is 0.457 e. The summed E-state index contributed by atoms with van der Waals surface area (Å²) in [7, 11) is 0. The zero-order chi connectivity index (χ0) is 22.7. The molecule has 2 heterocycles. The van der Waals surface area contributed by atoms with Crippen LogP contribution >= 0.6 is 22.9 Å². The van der Waals surface area contributed by atoms with E-state index >= 15 is 0 Å². The number of esters is 1. The molecule has 4 rings (SSSR count). The molecule has 0 spiro atoms. The number of hydrogen-bond acceptors (Lipinski definition) is 6. The molecule has 0 fully saturated rings. The molecule has 9 heteroatoms. The predicted molar refractivity (Wildman–Crippen MR) is 124 cm³/mol. The van der Waals surface area contributed by atoms with Crippen LogP contribution in [0.5, 0.6) is 0 Å². The smallest absolute Gasteiger partial charge is 0.349 e. The number of benzene rings is 2. The summed E-state index contributed by atoms with van der Waals surface area (Å²) in [5.74, 6) is -0.897. The molecule has 0 saturated heterocycles. The molecule has 0 aliphatic heterocycles. The minimum absolute atomic E-state index is 0.135. The first-order chi connectivity index (χ1) is 15.4. The molecule has 4 aromatic rings. The number of fused-ring (bicyclic) bond motifs is 1. The Morgan fingerprint density at radius 2 is 1.84 bits per heavy atom. The van der Waals surface area contributed by atoms with Crippen LogP contribution < -0.4 is 10.9 Å². The lowest BCUT2D eigenvalue weighted by Gasteiger charge is -2.07. The topological polar surface area (TPSA) is 90.3 Å². The molecule has 32 heavy (non-hydrogen) atoms. The van der Waals surface area contributed by atoms with Crippen LogP contribution in [0.15, 0.2) is 65.7 Å². The maximum Gasteiger partial charge on any atom is 0.349 e. The summed E-state index contributed by atoms with van der Waals surface area (Å²) in [5, 5.41) is 3.57. The number of amides is 1. The van der Waals surface area contributed by atoms with Gasteiger partial charge in [-0.15, -0.1) is 11.3 Å². The summed E-state index contributed by atoms with van der Waals surface area (Å²) in [5.41, 5.74) is 1.54. The lowest BCUT2D eigenvalue weighted by Crippen LogP contribution is -2.27. The first-order valence-electron chi connectivity index (χ1n) is 9.67. The molecule has 162 valence electrons. The lowest BCUT2D eigenvalue weighted by atomic mass is 10.2. The van der Waals surface area contributed by atoms with Gasteiger partial charge in [0.05, 0.1) is 11.7 Å². The number of thiophene rings is 1. The quantitative estimate of drug-likeness (QED) is 0.424. The maximum atomic E-state index is 13.0. The van der Waals surface area contributed by atoms with Crippen LogP contribution in [0, 0.1) is 6.92 Å². The minimum Gasteiger partial charge on any atom is -0.457 e. The van der Waals surface area contributed by atoms with E-state index in [0.717, 1.165) is 16.9 Å². The van der Waals surface area contributed by atoms with Gasteiger partial charge in [-0.2, -0.15) is 0 Å². The average Bonchev–Trinajstić information content (AvgIpc) is 3.13. The van der Waals surface area contributed by atoms with Crippen molar-refractivity contribution in [2.75, 3.05) is 5.32 Å². The van der Waals surface area contributed by atoms with Gasteiger partial charge in [0.15, 0.2) is 0 Å². The van der Waals surface area contributed by atoms with Crippen molar-refractivity contribution in [3.05, 3.63) is 92.3 Å². The number of aryl methyl sites for hydroxylation is 1. The van der Waals surface area contributed by atoms with Crippen LogP contribution in [0.1, 0.15) is 20.8 Å². The van der Waals surface area contributed by atoms with Gasteiger partial charge >= 0.3 is 5.97 Å². The van der Waals surface area contributed by atoms with Crippen LogP contribution in [0.3, 0.4) is 0 Å². The normalized spacial score (nSPS) is 10.8. The van der Waals surface area contributed by atoms with Crippen molar-refractivity contribution in [3.63, 3.8) is 0 Å². The SMILES string of the molecule is Cc1c(C(=O)OCc2ccccc2)sc2ncn(CC(=O)Nc3ccc(Cl)cc3)c(=O)c12. The molecule has 1 amide bonds. The molecule has 2 aromatic carbocycles. The number of carbonyl (C=O) groups is 2. The fourth-order valence-electron chi connectivity index (χ4n) is 3.14. The van der Waals surface area contributed by atoms with E-state index in [1.165, 1.54) is 10.9 Å². The number of aromatic nitrogens is 2. The zero-order valence-corrected chi connectivity index (χ0v) is 18.6. The van der Waals surface area contributed by atoms with Crippen LogP contribution in [0.4, 0.5) is 5.69 Å². The average molecular weight is 468 g/mol. The number of carbonyl (C=O) groups excluding carboxylic acids is 2. The molecular weight excluding hydrogens is 450 g/mol. The minimum atomic E-state index is -0.513. The van der Waals surface area contributed by atoms with Crippen molar-refractivity contribution in [1.82, 2.24) is 9.55 Å². The monoisotopic (exact) mass is 467 g/mol. The number of ether oxygens (including phenoxy) is 1. The van der Waals surface area contributed by atoms with E-state index in [0.29, 0.717) is 31.4 Å². The summed E-state index contributed by atoms with van der Waals surface area (Å²) in [6.07, 6.45) is 1.31. The molecule has 0 aliphatic carbocycles. The molecular formula is C23H18ClN3O4S. The van der Waals surface area contributed by atoms with Gasteiger partial charge in [0.1, 0.15) is 22.9 Å². The molecule has 1 N–H and O–H groups in total. The van der Waals surface area contributed by atoms with Crippen molar-refractivity contribution in [3.8, 4) is 0 Å². The summed E-state index contributed by atoms with van der Waals surface area (Å²) in [4.78, 5) is 43.0. The van der Waals surface area contributed by atoms with E-state index < -0.39 is 11.5 Å². The van der Waals surface area contributed by atoms with Crippen molar-refractivity contribution >= 4 is 50.7 Å². The third kappa shape index (κ3) is 4.71. The van der Waals surface area contributed by atoms with E-state index in [2.05, 4.69) is 10.3 Å². The Bertz CT molecular complexity index is 1350. The van der Waals surface area contributed by atoms with E-state index in [-0.39, 0.29) is 19.1 Å². The van der Waals surface area contributed by atoms with Gasteiger partial charge in [-0.3, -0.25) is 14.2 Å². The van der Waals surface area contributed by atoms with Crippen LogP contribution in [0.25, 0.3) is 10.2 Å². The molecule has 0 radical (unpaired) electrons. The standard InChI is InChI=1S/C23H18ClN3O4S/c1-14-19-21(32-20(14)23(30)31-12-15-5-3-2-4-6-15)25-13-27(22(19)29)11-18(28)26-17-9-7-16(24)8-10-17/h2-10,13H,11-12H2,1H3,(H,26,28). The van der Waals surface area contributed by atoms with Crippen molar-refractivity contribution in [2.45, 2.75) is 20.1 Å². The Labute approximate surface area is 192 Å². The number of hydrogen-bond donors (Lipinski definition) is 1. The second-order valence-corrected chi connectivity index (χ2v) is 8.47. The highest BCUT2D eigenvalue weighted by molar-refractivity contribution is 7.20. The summed E-state index contributed by atoms with van der Waals surface area (Å²) >= 11 is 6.95. The van der Waals surface area contributed by atoms with Gasteiger partial charge < -0.3 is 10.1 Å². The van der Waals surface area contributed by atoms with E-state index in [1.807, 2.05) is 30.3 Å². The number of anilines is 1. The van der Waals surface area contributed by atoms with Gasteiger partial charge in [-0.25, -0.2) is 9.78 Å². The Morgan fingerprint density at radius 1 is 1.12 bits per heavy atom. The van der Waals surface area contributed by atoms with Crippen LogP contribution in [0.2, 0.25) is 5.02 Å². The van der Waals surface area contributed by atoms with Gasteiger partial charge in [-0.1, -0.05) is 41.9 Å². The molecule has 0 atom stereocenters. The number of halogens is 1. The highest BCUT2D eigenvalue weighted by atomic mass is 35.5. The molecule has 0 unspecified atom stereocenters. The van der Waals surface area contributed by atoms with Gasteiger partial charge in [0.2, 0.25) is 5.91 Å². The van der Waals surface area contributed by atoms with E-state index in [9.17, 15) is 14.4 Å². The molecule has 2 aromatic heterocycles. The Kier molecular flexibility index (Phi) is 6.34. The van der Waals surface area contributed by atoms with Crippen molar-refractivity contribution in [1.29, 1.82) is 0 Å². The molecule has 0 aliphatic rings. The summed E-state index contributed by atoms with van der Waals surface area (Å²) in [6, 6.07) is 16.0. The fourth-order valence-corrected chi connectivity index (χ4v) is 4.30. The number of nitrogens with one attached hydrogen (secondary N) is 1. The first-order valence-corrected chi connectivity index (χ1v) is 10.9. The molecule has 0 saturated carbocycles. The second-order valence-electron chi connectivity index (χ2n) is 7.03. The van der Waals surface area contributed by atoms with Gasteiger partial charge in [-0.05, 0) is 42.3 Å². The van der Waals surface area contributed by atoms with Crippen molar-refractivity contribution < 1.29 is 14.3 Å². The molecule has 7 nitrogen and oxygen atoms in total. The van der Waals surface area contributed by atoms with Gasteiger partial charge in [0, 0.05) is 10.7 Å². The first kappa shape index (κ1) is 21.7. The van der Waals surface area contributed by atoms with E-state index in [4.69, 9.17) is 16.3 Å². The molecule has 0 bridgehead atoms. The summed E-state index contributed by atoms with van der Waals surface area (Å²) in [6.45, 7) is 1.60. The number of nitrogens with zero attached hydrogens (tertiary/aromatic N) is 2. The summed E-state index contributed by atoms with van der Waals surface area (Å²) < 4.78 is 6.61. The fraction of sp³-hybridized carbons (Fsp3) is 0.130. The second kappa shape index (κ2) is 9.33.